The highest BCUT2D eigenvalue weighted by Crippen LogP contribution is 2.56. The van der Waals surface area contributed by atoms with Gasteiger partial charge in [-0.15, -0.1) is 0 Å². The molecular weight excluding hydrogens is 514 g/mol. The predicted octanol–water partition coefficient (Wildman–Crippen LogP) is 5.45. The first kappa shape index (κ1) is 28.4. The number of rotatable bonds is 5. The number of benzene rings is 1. The van der Waals surface area contributed by atoms with Gasteiger partial charge in [0.1, 0.15) is 11.6 Å². The Balaban J connectivity index is 1.32. The Morgan fingerprint density at radius 2 is 1.66 bits per heavy atom. The van der Waals surface area contributed by atoms with E-state index in [0.717, 1.165) is 68.2 Å². The summed E-state index contributed by atoms with van der Waals surface area (Å²) in [4.78, 5) is 44.6. The summed E-state index contributed by atoms with van der Waals surface area (Å²) in [5.41, 5.74) is 1.86. The quantitative estimate of drug-likeness (QED) is 0.468. The molecule has 4 fully saturated rings. The molecule has 0 radical (unpaired) electrons. The topological polar surface area (TPSA) is 87.7 Å². The van der Waals surface area contributed by atoms with Crippen molar-refractivity contribution in [3.63, 3.8) is 0 Å². The number of aryl methyl sites for hydroxylation is 2. The van der Waals surface area contributed by atoms with Crippen molar-refractivity contribution >= 4 is 23.4 Å². The number of nitrogens with one attached hydrogen (secondary N) is 2. The molecule has 3 aliphatic heterocycles. The monoisotopic (exact) mass is 561 g/mol. The number of hydrogen-bond donors (Lipinski definition) is 2. The van der Waals surface area contributed by atoms with Crippen LogP contribution in [0.1, 0.15) is 89.2 Å². The van der Waals surface area contributed by atoms with Crippen LogP contribution in [0.4, 0.5) is 5.69 Å². The fourth-order valence-electron chi connectivity index (χ4n) is 8.40. The molecule has 7 heteroatoms. The Hall–Kier alpha value is -2.67. The van der Waals surface area contributed by atoms with Crippen LogP contribution in [0.2, 0.25) is 0 Å². The van der Waals surface area contributed by atoms with Gasteiger partial charge in [-0.2, -0.15) is 0 Å². The van der Waals surface area contributed by atoms with Gasteiger partial charge >= 0.3 is 0 Å². The molecule has 2 bridgehead atoms. The first-order chi connectivity index (χ1) is 19.7. The second-order valence-corrected chi connectivity index (χ2v) is 13.6. The third-order valence-corrected chi connectivity index (χ3v) is 11.1. The predicted molar refractivity (Wildman–Crippen MR) is 159 cm³/mol. The molecule has 0 aromatic heterocycles. The molecule has 1 aromatic carbocycles. The first-order valence-corrected chi connectivity index (χ1v) is 16.1. The molecule has 2 N–H and O–H groups in total. The molecule has 222 valence electrons. The zero-order valence-electron chi connectivity index (χ0n) is 25.2. The zero-order chi connectivity index (χ0) is 28.9. The lowest BCUT2D eigenvalue weighted by molar-refractivity contribution is -0.144. The van der Waals surface area contributed by atoms with E-state index in [9.17, 15) is 14.4 Å². The van der Waals surface area contributed by atoms with Crippen molar-refractivity contribution in [1.82, 2.24) is 10.2 Å². The lowest BCUT2D eigenvalue weighted by Gasteiger charge is -2.40. The summed E-state index contributed by atoms with van der Waals surface area (Å²) >= 11 is 0. The Kier molecular flexibility index (Phi) is 7.77. The molecule has 3 heterocycles. The van der Waals surface area contributed by atoms with E-state index in [1.54, 1.807) is 0 Å². The van der Waals surface area contributed by atoms with Crippen molar-refractivity contribution in [2.45, 2.75) is 122 Å². The Labute approximate surface area is 244 Å². The number of ether oxygens (including phenoxy) is 1. The van der Waals surface area contributed by atoms with Gasteiger partial charge in [-0.25, -0.2) is 0 Å². The lowest BCUT2D eigenvalue weighted by Crippen LogP contribution is -2.59. The molecule has 7 nitrogen and oxygen atoms in total. The summed E-state index contributed by atoms with van der Waals surface area (Å²) in [5, 5.41) is 6.47. The molecule has 2 aliphatic carbocycles. The molecule has 8 atom stereocenters. The maximum absolute atomic E-state index is 14.5. The number of anilines is 1. The summed E-state index contributed by atoms with van der Waals surface area (Å²) in [5.74, 6) is -0.868. The third-order valence-electron chi connectivity index (χ3n) is 11.1. The van der Waals surface area contributed by atoms with E-state index in [2.05, 4.69) is 24.5 Å². The summed E-state index contributed by atoms with van der Waals surface area (Å²) in [6.45, 7) is 8.56. The van der Waals surface area contributed by atoms with Crippen LogP contribution < -0.4 is 10.6 Å². The summed E-state index contributed by atoms with van der Waals surface area (Å²) < 4.78 is 6.62. The second kappa shape index (κ2) is 11.2. The number of hydrogen-bond acceptors (Lipinski definition) is 4. The van der Waals surface area contributed by atoms with Crippen LogP contribution in [0.5, 0.6) is 0 Å². The van der Waals surface area contributed by atoms with Gasteiger partial charge in [-0.05, 0) is 68.2 Å². The van der Waals surface area contributed by atoms with Crippen LogP contribution in [0, 0.1) is 37.5 Å². The average molecular weight is 562 g/mol. The maximum Gasteiger partial charge on any atom is 0.246 e. The second-order valence-electron chi connectivity index (χ2n) is 13.6. The first-order valence-electron chi connectivity index (χ1n) is 16.1. The molecule has 3 amide bonds. The number of carbonyl (C=O) groups is 3. The third kappa shape index (κ3) is 4.92. The molecule has 41 heavy (non-hydrogen) atoms. The van der Waals surface area contributed by atoms with Gasteiger partial charge < -0.3 is 20.3 Å². The largest absolute Gasteiger partial charge is 0.359 e. The lowest BCUT2D eigenvalue weighted by atomic mass is 9.73. The highest BCUT2D eigenvalue weighted by Gasteiger charge is 2.73. The van der Waals surface area contributed by atoms with E-state index >= 15 is 0 Å². The normalized spacial score (nSPS) is 37.0. The van der Waals surface area contributed by atoms with Crippen LogP contribution in [0.3, 0.4) is 0 Å². The Morgan fingerprint density at radius 1 is 0.927 bits per heavy atom. The van der Waals surface area contributed by atoms with Crippen LogP contribution in [-0.2, 0) is 19.1 Å². The van der Waals surface area contributed by atoms with E-state index in [1.165, 1.54) is 12.8 Å². The van der Waals surface area contributed by atoms with Crippen LogP contribution >= 0.6 is 0 Å². The van der Waals surface area contributed by atoms with Crippen molar-refractivity contribution in [2.75, 3.05) is 5.32 Å². The standard InChI is InChI=1S/C34H47N3O4/c1-20-15-16-24(19-22(20)3)35-31(38)28-27-17-18-34(41-27)29(28)33(40)37(25-12-8-6-5-7-9-13-25)30(34)32(39)36-26-14-10-11-21(2)23(26)4/h15-19,21,23,25-30H,5-14H2,1-4H3,(H,35,38)(H,36,39)/t21-,23-,26-,27+,28-,29+,30+,34+/m1/s1. The van der Waals surface area contributed by atoms with Crippen LogP contribution in [0.15, 0.2) is 30.4 Å². The van der Waals surface area contributed by atoms with E-state index < -0.39 is 29.6 Å². The SMILES string of the molecule is Cc1ccc(NC(=O)[C@@H]2[C@@H]3C=C[C@]4(O3)[C@@H]2C(=O)N(C2CCCCCCC2)[C@H]4C(=O)N[C@@H]2CCC[C@@H](C)[C@H]2C)cc1C. The molecule has 5 aliphatic rings. The molecule has 1 aromatic rings. The fourth-order valence-corrected chi connectivity index (χ4v) is 8.40. The molecular formula is C34H47N3O4. The van der Waals surface area contributed by atoms with E-state index in [1.807, 2.05) is 49.1 Å². The van der Waals surface area contributed by atoms with Crippen LogP contribution in [-0.4, -0.2) is 52.5 Å². The van der Waals surface area contributed by atoms with E-state index in [4.69, 9.17) is 4.74 Å². The van der Waals surface area contributed by atoms with Gasteiger partial charge in [0.25, 0.3) is 0 Å². The number of amides is 3. The minimum atomic E-state index is -1.11. The average Bonchev–Trinajstić information content (AvgIpc) is 3.56. The minimum Gasteiger partial charge on any atom is -0.359 e. The van der Waals surface area contributed by atoms with Gasteiger partial charge in [0.05, 0.1) is 17.9 Å². The zero-order valence-corrected chi connectivity index (χ0v) is 25.2. The number of fused-ring (bicyclic) bond motifs is 1. The Bertz CT molecular complexity index is 1220. The molecule has 2 saturated heterocycles. The van der Waals surface area contributed by atoms with Crippen molar-refractivity contribution < 1.29 is 19.1 Å². The number of likely N-dealkylation sites (tertiary alicyclic amines) is 1. The highest BCUT2D eigenvalue weighted by atomic mass is 16.5. The van der Waals surface area contributed by atoms with Gasteiger partial charge in [-0.1, -0.05) is 77.0 Å². The molecule has 1 spiro atoms. The van der Waals surface area contributed by atoms with Crippen molar-refractivity contribution in [3.05, 3.63) is 41.5 Å². The summed E-state index contributed by atoms with van der Waals surface area (Å²) in [6.07, 6.45) is 14.0. The van der Waals surface area contributed by atoms with Gasteiger partial charge in [0.2, 0.25) is 17.7 Å². The molecule has 0 unspecified atom stereocenters. The summed E-state index contributed by atoms with van der Waals surface area (Å²) in [6, 6.07) is 5.18. The van der Waals surface area contributed by atoms with Gasteiger partial charge in [-0.3, -0.25) is 14.4 Å². The smallest absolute Gasteiger partial charge is 0.246 e. The molecule has 2 saturated carbocycles. The van der Waals surface area contributed by atoms with Crippen molar-refractivity contribution in [1.29, 1.82) is 0 Å². The van der Waals surface area contributed by atoms with Gasteiger partial charge in [0, 0.05) is 17.8 Å². The summed E-state index contributed by atoms with van der Waals surface area (Å²) in [7, 11) is 0. The Morgan fingerprint density at radius 3 is 2.39 bits per heavy atom. The fraction of sp³-hybridized carbons (Fsp3) is 0.676. The highest BCUT2D eigenvalue weighted by molar-refractivity contribution is 6.03. The van der Waals surface area contributed by atoms with E-state index in [0.29, 0.717) is 11.8 Å². The molecule has 6 rings (SSSR count). The van der Waals surface area contributed by atoms with Crippen molar-refractivity contribution in [3.8, 4) is 0 Å². The van der Waals surface area contributed by atoms with Crippen molar-refractivity contribution in [2.24, 2.45) is 23.7 Å². The van der Waals surface area contributed by atoms with Gasteiger partial charge in [0.15, 0.2) is 0 Å². The number of carbonyl (C=O) groups excluding carboxylic acids is 3. The maximum atomic E-state index is 14.5. The minimum absolute atomic E-state index is 0.0132. The van der Waals surface area contributed by atoms with Crippen LogP contribution in [0.25, 0.3) is 0 Å². The number of nitrogens with zero attached hydrogens (tertiary/aromatic N) is 1. The van der Waals surface area contributed by atoms with E-state index in [-0.39, 0.29) is 29.8 Å².